The summed E-state index contributed by atoms with van der Waals surface area (Å²) in [6, 6.07) is 20.8. The number of aryl methyl sites for hydroxylation is 1. The van der Waals surface area contributed by atoms with Crippen molar-refractivity contribution in [2.24, 2.45) is 0 Å². The van der Waals surface area contributed by atoms with Gasteiger partial charge in [0.2, 0.25) is 5.91 Å². The topological polar surface area (TPSA) is 109 Å². The maximum atomic E-state index is 12.4. The number of thiocarbonyl (C=S) groups is 1. The van der Waals surface area contributed by atoms with E-state index in [0.717, 1.165) is 16.9 Å². The van der Waals surface area contributed by atoms with Crippen LogP contribution in [0.1, 0.15) is 31.8 Å². The maximum absolute atomic E-state index is 12.4. The summed E-state index contributed by atoms with van der Waals surface area (Å²) >= 11 is 5.03. The van der Waals surface area contributed by atoms with Gasteiger partial charge in [-0.3, -0.25) is 30.6 Å². The number of carbonyl (C=O) groups is 3. The lowest BCUT2D eigenvalue weighted by atomic mass is 10.1. The van der Waals surface area contributed by atoms with Crippen LogP contribution in [0.15, 0.2) is 78.9 Å². The molecule has 4 N–H and O–H groups in total. The molecule has 0 unspecified atom stereocenters. The predicted molar refractivity (Wildman–Crippen MR) is 139 cm³/mol. The van der Waals surface area contributed by atoms with Gasteiger partial charge in [-0.05, 0) is 78.8 Å². The summed E-state index contributed by atoms with van der Waals surface area (Å²) in [5.74, 6) is -0.438. The maximum Gasteiger partial charge on any atom is 0.269 e. The molecular weight excluding hydrogens is 464 g/mol. The number of methoxy groups -OCH3 is 1. The molecule has 0 aliphatic heterocycles. The first-order valence-electron chi connectivity index (χ1n) is 10.6. The molecule has 0 aromatic heterocycles. The number of amides is 3. The molecule has 3 rings (SSSR count). The Kier molecular flexibility index (Phi) is 8.69. The highest BCUT2D eigenvalue weighted by atomic mass is 32.1. The van der Waals surface area contributed by atoms with Gasteiger partial charge in [-0.1, -0.05) is 30.3 Å². The Morgan fingerprint density at radius 2 is 1.54 bits per heavy atom. The second kappa shape index (κ2) is 12.1. The first-order valence-corrected chi connectivity index (χ1v) is 11.0. The quantitative estimate of drug-likeness (QED) is 0.240. The lowest BCUT2D eigenvalue weighted by Gasteiger charge is -2.11. The molecule has 0 saturated carbocycles. The Balaban J connectivity index is 1.45. The predicted octanol–water partition coefficient (Wildman–Crippen LogP) is 3.60. The van der Waals surface area contributed by atoms with E-state index in [1.807, 2.05) is 19.1 Å². The second-order valence-corrected chi connectivity index (χ2v) is 7.76. The van der Waals surface area contributed by atoms with Crippen LogP contribution < -0.4 is 26.2 Å². The number of ether oxygens (including phenoxy) is 1. The molecular formula is C26H24N4O4S. The molecule has 8 nitrogen and oxygen atoms in total. The van der Waals surface area contributed by atoms with E-state index in [4.69, 9.17) is 17.0 Å². The number of rotatable bonds is 6. The fraction of sp³-hybridized carbons (Fsp3) is 0.0769. The Labute approximate surface area is 208 Å². The average Bonchev–Trinajstić information content (AvgIpc) is 2.87. The molecule has 0 heterocycles. The van der Waals surface area contributed by atoms with Crippen molar-refractivity contribution in [1.82, 2.24) is 16.2 Å². The largest absolute Gasteiger partial charge is 0.497 e. The summed E-state index contributed by atoms with van der Waals surface area (Å²) in [5, 5.41) is 5.17. The number of hydrogen-bond acceptors (Lipinski definition) is 5. The number of anilines is 1. The van der Waals surface area contributed by atoms with Crippen LogP contribution in [0.25, 0.3) is 6.08 Å². The fourth-order valence-corrected chi connectivity index (χ4v) is 3.14. The smallest absolute Gasteiger partial charge is 0.269 e. The lowest BCUT2D eigenvalue weighted by Crippen LogP contribution is -2.48. The van der Waals surface area contributed by atoms with Crippen molar-refractivity contribution in [3.05, 3.63) is 101 Å². The minimum Gasteiger partial charge on any atom is -0.497 e. The summed E-state index contributed by atoms with van der Waals surface area (Å²) in [6.07, 6.45) is 2.94. The minimum absolute atomic E-state index is 0.0650. The van der Waals surface area contributed by atoms with E-state index in [-0.39, 0.29) is 11.0 Å². The minimum atomic E-state index is -0.466. The van der Waals surface area contributed by atoms with Crippen molar-refractivity contribution in [1.29, 1.82) is 0 Å². The molecule has 0 fully saturated rings. The zero-order chi connectivity index (χ0) is 25.2. The highest BCUT2D eigenvalue weighted by Crippen LogP contribution is 2.14. The van der Waals surface area contributed by atoms with Gasteiger partial charge in [0.25, 0.3) is 11.8 Å². The van der Waals surface area contributed by atoms with Gasteiger partial charge in [0.1, 0.15) is 5.75 Å². The molecule has 0 atom stereocenters. The third-order valence-electron chi connectivity index (χ3n) is 4.86. The van der Waals surface area contributed by atoms with Crippen molar-refractivity contribution in [3.63, 3.8) is 0 Å². The zero-order valence-corrected chi connectivity index (χ0v) is 19.9. The van der Waals surface area contributed by atoms with E-state index in [1.54, 1.807) is 73.8 Å². The average molecular weight is 489 g/mol. The van der Waals surface area contributed by atoms with Crippen LogP contribution >= 0.6 is 12.2 Å². The van der Waals surface area contributed by atoms with Gasteiger partial charge in [-0.2, -0.15) is 0 Å². The van der Waals surface area contributed by atoms with Crippen LogP contribution in [0.2, 0.25) is 0 Å². The Hall–Kier alpha value is -4.50. The van der Waals surface area contributed by atoms with Crippen LogP contribution in [0.3, 0.4) is 0 Å². The number of benzene rings is 3. The molecule has 0 aliphatic rings. The molecule has 0 radical (unpaired) electrons. The molecule has 178 valence electrons. The molecule has 0 aliphatic carbocycles. The van der Waals surface area contributed by atoms with Gasteiger partial charge in [0.15, 0.2) is 5.11 Å². The van der Waals surface area contributed by atoms with Crippen LogP contribution in [0.5, 0.6) is 5.75 Å². The van der Waals surface area contributed by atoms with E-state index in [0.29, 0.717) is 16.8 Å². The lowest BCUT2D eigenvalue weighted by molar-refractivity contribution is -0.115. The molecule has 0 bridgehead atoms. The molecule has 3 amide bonds. The number of carbonyl (C=O) groups excluding carboxylic acids is 3. The molecule has 0 saturated heterocycles. The highest BCUT2D eigenvalue weighted by molar-refractivity contribution is 7.80. The zero-order valence-electron chi connectivity index (χ0n) is 19.1. The second-order valence-electron chi connectivity index (χ2n) is 7.35. The third kappa shape index (κ3) is 7.51. The van der Waals surface area contributed by atoms with E-state index < -0.39 is 11.8 Å². The van der Waals surface area contributed by atoms with Crippen LogP contribution in [0.4, 0.5) is 5.69 Å². The van der Waals surface area contributed by atoms with Crippen molar-refractivity contribution in [2.75, 3.05) is 12.4 Å². The SMILES string of the molecule is COc1ccc(C=CC(=O)NC(=S)NNC(=O)c2ccc(NC(=O)c3ccccc3C)cc2)cc1. The van der Waals surface area contributed by atoms with E-state index in [9.17, 15) is 14.4 Å². The highest BCUT2D eigenvalue weighted by Gasteiger charge is 2.10. The van der Waals surface area contributed by atoms with Crippen molar-refractivity contribution < 1.29 is 19.1 Å². The Bertz CT molecular complexity index is 1260. The Morgan fingerprint density at radius 1 is 0.857 bits per heavy atom. The van der Waals surface area contributed by atoms with Crippen LogP contribution in [-0.2, 0) is 4.79 Å². The molecule has 0 spiro atoms. The van der Waals surface area contributed by atoms with E-state index in [2.05, 4.69) is 21.5 Å². The van der Waals surface area contributed by atoms with Gasteiger partial charge in [0.05, 0.1) is 7.11 Å². The number of hydrazine groups is 1. The van der Waals surface area contributed by atoms with Gasteiger partial charge in [-0.25, -0.2) is 0 Å². The normalized spacial score (nSPS) is 10.3. The third-order valence-corrected chi connectivity index (χ3v) is 5.07. The van der Waals surface area contributed by atoms with Gasteiger partial charge in [-0.15, -0.1) is 0 Å². The molecule has 9 heteroatoms. The fourth-order valence-electron chi connectivity index (χ4n) is 2.99. The monoisotopic (exact) mass is 488 g/mol. The van der Waals surface area contributed by atoms with E-state index >= 15 is 0 Å². The Morgan fingerprint density at radius 3 is 2.20 bits per heavy atom. The summed E-state index contributed by atoms with van der Waals surface area (Å²) in [6.45, 7) is 1.86. The molecule has 3 aromatic rings. The van der Waals surface area contributed by atoms with Crippen molar-refractivity contribution >= 4 is 46.8 Å². The van der Waals surface area contributed by atoms with Crippen LogP contribution in [-0.4, -0.2) is 29.9 Å². The number of hydrogen-bond donors (Lipinski definition) is 4. The summed E-state index contributed by atoms with van der Waals surface area (Å²) in [5.41, 5.74) is 8.03. The summed E-state index contributed by atoms with van der Waals surface area (Å²) in [4.78, 5) is 36.8. The van der Waals surface area contributed by atoms with Gasteiger partial charge >= 0.3 is 0 Å². The van der Waals surface area contributed by atoms with Crippen LogP contribution in [0, 0.1) is 6.92 Å². The summed E-state index contributed by atoms with van der Waals surface area (Å²) < 4.78 is 5.09. The van der Waals surface area contributed by atoms with Crippen molar-refractivity contribution in [2.45, 2.75) is 6.92 Å². The first kappa shape index (κ1) is 25.1. The molecule has 3 aromatic carbocycles. The number of nitrogens with one attached hydrogen (secondary N) is 4. The van der Waals surface area contributed by atoms with E-state index in [1.165, 1.54) is 6.08 Å². The van der Waals surface area contributed by atoms with Gasteiger partial charge in [0, 0.05) is 22.9 Å². The summed E-state index contributed by atoms with van der Waals surface area (Å²) in [7, 11) is 1.58. The molecule has 35 heavy (non-hydrogen) atoms. The van der Waals surface area contributed by atoms with Crippen molar-refractivity contribution in [3.8, 4) is 5.75 Å². The standard InChI is InChI=1S/C26H24N4O4S/c1-17-5-3-4-6-22(17)25(33)27-20-12-10-19(11-13-20)24(32)29-30-26(35)28-23(31)16-9-18-7-14-21(34-2)15-8-18/h3-16H,1-2H3,(H,27,33)(H,29,32)(H2,28,30,31,35). The van der Waals surface area contributed by atoms with Gasteiger partial charge < -0.3 is 10.1 Å². The first-order chi connectivity index (χ1) is 16.9.